The molecular formula is C14H8Cl2FIN2. The van der Waals surface area contributed by atoms with E-state index in [1.807, 2.05) is 16.7 Å². The van der Waals surface area contributed by atoms with Crippen molar-refractivity contribution in [3.05, 3.63) is 56.6 Å². The van der Waals surface area contributed by atoms with Gasteiger partial charge in [0.15, 0.2) is 0 Å². The minimum Gasteiger partial charge on any atom is -0.294 e. The van der Waals surface area contributed by atoms with Crippen molar-refractivity contribution in [3.63, 3.8) is 0 Å². The molecule has 0 atom stereocenters. The third-order valence-corrected chi connectivity index (χ3v) is 4.29. The van der Waals surface area contributed by atoms with Crippen LogP contribution in [0.2, 0.25) is 5.02 Å². The first-order valence-electron chi connectivity index (χ1n) is 5.78. The Hall–Kier alpha value is -0.850. The van der Waals surface area contributed by atoms with E-state index in [0.717, 1.165) is 9.26 Å². The van der Waals surface area contributed by atoms with E-state index in [-0.39, 0.29) is 11.7 Å². The zero-order chi connectivity index (χ0) is 14.3. The fraction of sp³-hybridized carbons (Fsp3) is 0.0714. The highest BCUT2D eigenvalue weighted by Gasteiger charge is 2.14. The summed E-state index contributed by atoms with van der Waals surface area (Å²) in [5.74, 6) is 0.617. The molecule has 0 fully saturated rings. The molecule has 2 aromatic carbocycles. The Morgan fingerprint density at radius 3 is 2.70 bits per heavy atom. The van der Waals surface area contributed by atoms with Gasteiger partial charge in [0.1, 0.15) is 11.6 Å². The number of imidazole rings is 1. The van der Waals surface area contributed by atoms with E-state index < -0.39 is 0 Å². The SMILES string of the molecule is Fc1ccc2nc(CCl)n(-c3ccc(Cl)cc3I)c2c1. The van der Waals surface area contributed by atoms with Gasteiger partial charge < -0.3 is 0 Å². The summed E-state index contributed by atoms with van der Waals surface area (Å²) in [6.45, 7) is 0. The number of aromatic nitrogens is 2. The molecule has 0 amide bonds. The predicted molar refractivity (Wildman–Crippen MR) is 88.3 cm³/mol. The number of hydrogen-bond acceptors (Lipinski definition) is 1. The number of nitrogens with zero attached hydrogens (tertiary/aromatic N) is 2. The summed E-state index contributed by atoms with van der Waals surface area (Å²) in [4.78, 5) is 4.44. The van der Waals surface area contributed by atoms with Crippen LogP contribution < -0.4 is 0 Å². The van der Waals surface area contributed by atoms with E-state index in [4.69, 9.17) is 23.2 Å². The summed E-state index contributed by atoms with van der Waals surface area (Å²) in [7, 11) is 0. The molecule has 20 heavy (non-hydrogen) atoms. The summed E-state index contributed by atoms with van der Waals surface area (Å²) in [6, 6.07) is 10.0. The van der Waals surface area contributed by atoms with Crippen molar-refractivity contribution >= 4 is 56.8 Å². The van der Waals surface area contributed by atoms with Crippen LogP contribution in [0.3, 0.4) is 0 Å². The van der Waals surface area contributed by atoms with Crippen LogP contribution >= 0.6 is 45.8 Å². The van der Waals surface area contributed by atoms with Gasteiger partial charge in [-0.2, -0.15) is 0 Å². The van der Waals surface area contributed by atoms with E-state index in [1.165, 1.54) is 12.1 Å². The first-order valence-corrected chi connectivity index (χ1v) is 7.77. The molecule has 102 valence electrons. The fourth-order valence-corrected chi connectivity index (χ4v) is 3.41. The van der Waals surface area contributed by atoms with Crippen LogP contribution in [0, 0.1) is 9.39 Å². The number of halogens is 4. The lowest BCUT2D eigenvalue weighted by atomic mass is 10.2. The Morgan fingerprint density at radius 1 is 1.20 bits per heavy atom. The molecule has 0 N–H and O–H groups in total. The molecule has 0 radical (unpaired) electrons. The lowest BCUT2D eigenvalue weighted by molar-refractivity contribution is 0.629. The molecule has 0 spiro atoms. The first kappa shape index (κ1) is 14.1. The third kappa shape index (κ3) is 2.40. The van der Waals surface area contributed by atoms with Gasteiger partial charge in [-0.1, -0.05) is 11.6 Å². The van der Waals surface area contributed by atoms with Crippen molar-refractivity contribution in [2.75, 3.05) is 0 Å². The Bertz CT molecular complexity index is 801. The summed E-state index contributed by atoms with van der Waals surface area (Å²) < 4.78 is 16.3. The molecule has 3 rings (SSSR count). The van der Waals surface area contributed by atoms with Gasteiger partial charge in [-0.3, -0.25) is 4.57 Å². The average Bonchev–Trinajstić information content (AvgIpc) is 2.76. The molecule has 0 aliphatic carbocycles. The lowest BCUT2D eigenvalue weighted by Gasteiger charge is -2.10. The Morgan fingerprint density at radius 2 is 2.00 bits per heavy atom. The van der Waals surface area contributed by atoms with Crippen molar-refractivity contribution in [2.45, 2.75) is 5.88 Å². The van der Waals surface area contributed by atoms with Gasteiger partial charge in [-0.25, -0.2) is 9.37 Å². The second-order valence-corrected chi connectivity index (χ2v) is 6.09. The molecule has 0 aliphatic rings. The highest BCUT2D eigenvalue weighted by molar-refractivity contribution is 14.1. The molecule has 0 bridgehead atoms. The van der Waals surface area contributed by atoms with E-state index in [9.17, 15) is 4.39 Å². The zero-order valence-corrected chi connectivity index (χ0v) is 13.7. The van der Waals surface area contributed by atoms with E-state index in [0.29, 0.717) is 21.9 Å². The lowest BCUT2D eigenvalue weighted by Crippen LogP contribution is -2.01. The maximum absolute atomic E-state index is 13.5. The van der Waals surface area contributed by atoms with Crippen LogP contribution in [0.5, 0.6) is 0 Å². The Labute approximate surface area is 138 Å². The molecule has 0 saturated carbocycles. The zero-order valence-electron chi connectivity index (χ0n) is 10.1. The molecule has 2 nitrogen and oxygen atoms in total. The topological polar surface area (TPSA) is 17.8 Å². The summed E-state index contributed by atoms with van der Waals surface area (Å²) >= 11 is 14.1. The molecule has 6 heteroatoms. The van der Waals surface area contributed by atoms with Crippen LogP contribution in [0.25, 0.3) is 16.7 Å². The maximum atomic E-state index is 13.5. The molecule has 0 saturated heterocycles. The standard InChI is InChI=1S/C14H8Cl2FIN2/c15-7-14-19-11-3-2-9(17)6-13(11)20(14)12-4-1-8(16)5-10(12)18/h1-6H,7H2. The number of rotatable bonds is 2. The summed E-state index contributed by atoms with van der Waals surface area (Å²) in [5.41, 5.74) is 2.30. The van der Waals surface area contributed by atoms with E-state index in [1.54, 1.807) is 12.1 Å². The van der Waals surface area contributed by atoms with Crippen LogP contribution in [0.15, 0.2) is 36.4 Å². The monoisotopic (exact) mass is 420 g/mol. The van der Waals surface area contributed by atoms with E-state index >= 15 is 0 Å². The van der Waals surface area contributed by atoms with Crippen molar-refractivity contribution < 1.29 is 4.39 Å². The smallest absolute Gasteiger partial charge is 0.129 e. The summed E-state index contributed by atoms with van der Waals surface area (Å²) in [5, 5.41) is 0.654. The van der Waals surface area contributed by atoms with Crippen LogP contribution in [0.1, 0.15) is 5.82 Å². The van der Waals surface area contributed by atoms with Crippen LogP contribution in [-0.2, 0) is 5.88 Å². The van der Waals surface area contributed by atoms with Crippen molar-refractivity contribution in [3.8, 4) is 5.69 Å². The van der Waals surface area contributed by atoms with Crippen molar-refractivity contribution in [1.82, 2.24) is 9.55 Å². The van der Waals surface area contributed by atoms with Gasteiger partial charge in [0.25, 0.3) is 0 Å². The second-order valence-electron chi connectivity index (χ2n) is 4.23. The molecule has 0 unspecified atom stereocenters. The van der Waals surface area contributed by atoms with Crippen LogP contribution in [-0.4, -0.2) is 9.55 Å². The van der Waals surface area contributed by atoms with Gasteiger partial charge >= 0.3 is 0 Å². The van der Waals surface area contributed by atoms with Crippen molar-refractivity contribution in [2.24, 2.45) is 0 Å². The number of hydrogen-bond donors (Lipinski definition) is 0. The van der Waals surface area contributed by atoms with Gasteiger partial charge in [0.05, 0.1) is 22.6 Å². The maximum Gasteiger partial charge on any atom is 0.129 e. The fourth-order valence-electron chi connectivity index (χ4n) is 2.12. The van der Waals surface area contributed by atoms with Gasteiger partial charge in [0.2, 0.25) is 0 Å². The van der Waals surface area contributed by atoms with Crippen LogP contribution in [0.4, 0.5) is 4.39 Å². The number of benzene rings is 2. The molecule has 3 aromatic rings. The largest absolute Gasteiger partial charge is 0.294 e. The predicted octanol–water partition coefficient (Wildman–Crippen LogP) is 5.16. The molecule has 0 aliphatic heterocycles. The Balaban J connectivity index is 2.36. The minimum absolute atomic E-state index is 0.245. The number of fused-ring (bicyclic) bond motifs is 1. The second kappa shape index (κ2) is 5.50. The quantitative estimate of drug-likeness (QED) is 0.413. The first-order chi connectivity index (χ1) is 9.60. The van der Waals surface area contributed by atoms with Crippen molar-refractivity contribution in [1.29, 1.82) is 0 Å². The van der Waals surface area contributed by atoms with E-state index in [2.05, 4.69) is 27.6 Å². The molecule has 1 aromatic heterocycles. The van der Waals surface area contributed by atoms with Gasteiger partial charge in [-0.15, -0.1) is 11.6 Å². The highest BCUT2D eigenvalue weighted by atomic mass is 127. The molecular weight excluding hydrogens is 413 g/mol. The molecule has 1 heterocycles. The highest BCUT2D eigenvalue weighted by Crippen LogP contribution is 2.28. The van der Waals surface area contributed by atoms with Gasteiger partial charge in [0, 0.05) is 14.7 Å². The number of alkyl halides is 1. The Kier molecular flexibility index (Phi) is 3.88. The average molecular weight is 421 g/mol. The third-order valence-electron chi connectivity index (χ3n) is 2.96. The van der Waals surface area contributed by atoms with Gasteiger partial charge in [-0.05, 0) is 52.9 Å². The summed E-state index contributed by atoms with van der Waals surface area (Å²) in [6.07, 6.45) is 0. The minimum atomic E-state index is -0.302. The normalized spacial score (nSPS) is 11.2.